The van der Waals surface area contributed by atoms with E-state index in [0.717, 1.165) is 39.7 Å². The minimum absolute atomic E-state index is 0.546. The molecule has 2 heterocycles. The highest BCUT2D eigenvalue weighted by Crippen LogP contribution is 2.35. The summed E-state index contributed by atoms with van der Waals surface area (Å²) in [7, 11) is 0. The van der Waals surface area contributed by atoms with E-state index in [1.165, 1.54) is 0 Å². The summed E-state index contributed by atoms with van der Waals surface area (Å²) >= 11 is 0. The second-order valence-electron chi connectivity index (χ2n) is 6.81. The Morgan fingerprint density at radius 3 is 2.40 bits per heavy atom. The Kier molecular flexibility index (Phi) is 4.88. The van der Waals surface area contributed by atoms with Crippen molar-refractivity contribution in [2.24, 2.45) is 5.10 Å². The van der Waals surface area contributed by atoms with Gasteiger partial charge in [-0.1, -0.05) is 36.4 Å². The smallest absolute Gasteiger partial charge is 0.162 e. The van der Waals surface area contributed by atoms with Gasteiger partial charge >= 0.3 is 0 Å². The van der Waals surface area contributed by atoms with Gasteiger partial charge in [0.2, 0.25) is 0 Å². The fourth-order valence-electron chi connectivity index (χ4n) is 3.30. The van der Waals surface area contributed by atoms with Gasteiger partial charge in [0.25, 0.3) is 0 Å². The van der Waals surface area contributed by atoms with Crippen molar-refractivity contribution in [3.8, 4) is 28.4 Å². The van der Waals surface area contributed by atoms with E-state index in [0.29, 0.717) is 13.2 Å². The molecule has 3 aromatic carbocycles. The second-order valence-corrected chi connectivity index (χ2v) is 6.81. The average Bonchev–Trinajstić information content (AvgIpc) is 3.24. The van der Waals surface area contributed by atoms with Crippen molar-refractivity contribution in [1.29, 1.82) is 0 Å². The molecule has 0 spiro atoms. The molecule has 4 aromatic rings. The first-order chi connectivity index (χ1) is 14.9. The second kappa shape index (κ2) is 8.13. The lowest BCUT2D eigenvalue weighted by Crippen LogP contribution is -2.15. The number of fused-ring (bicyclic) bond motifs is 1. The molecule has 1 aromatic heterocycles. The molecule has 30 heavy (non-hydrogen) atoms. The van der Waals surface area contributed by atoms with Crippen LogP contribution >= 0.6 is 0 Å². The highest BCUT2D eigenvalue weighted by molar-refractivity contribution is 5.89. The van der Waals surface area contributed by atoms with E-state index in [9.17, 15) is 0 Å². The summed E-state index contributed by atoms with van der Waals surface area (Å²) in [4.78, 5) is 0. The summed E-state index contributed by atoms with van der Waals surface area (Å²) in [5.74, 6) is 1.49. The van der Waals surface area contributed by atoms with Crippen molar-refractivity contribution >= 4 is 11.9 Å². The largest absolute Gasteiger partial charge is 0.486 e. The number of benzene rings is 3. The summed E-state index contributed by atoms with van der Waals surface area (Å²) in [6.45, 7) is 1.11. The van der Waals surface area contributed by atoms with Crippen LogP contribution in [0.4, 0.5) is 5.69 Å². The summed E-state index contributed by atoms with van der Waals surface area (Å²) in [6, 6.07) is 25.7. The highest BCUT2D eigenvalue weighted by Gasteiger charge is 2.16. The number of anilines is 1. The molecule has 0 unspecified atom stereocenters. The van der Waals surface area contributed by atoms with Gasteiger partial charge in [-0.25, -0.2) is 4.68 Å². The van der Waals surface area contributed by atoms with Gasteiger partial charge in [0.05, 0.1) is 17.6 Å². The topological polar surface area (TPSA) is 60.7 Å². The molecule has 6 heteroatoms. The van der Waals surface area contributed by atoms with Gasteiger partial charge < -0.3 is 9.47 Å². The first-order valence-electron chi connectivity index (χ1n) is 9.76. The zero-order valence-electron chi connectivity index (χ0n) is 16.2. The molecule has 1 aliphatic heterocycles. The number of hydrazone groups is 1. The SMILES string of the molecule is C(=NNc1ccccc1)c1cn(-c2ccccc2)nc1-c1ccc2c(c1)OCCO2. The predicted molar refractivity (Wildman–Crippen MR) is 118 cm³/mol. The van der Waals surface area contributed by atoms with Crippen LogP contribution in [0.3, 0.4) is 0 Å². The molecule has 0 saturated carbocycles. The molecular formula is C24H20N4O2. The molecule has 148 valence electrons. The van der Waals surface area contributed by atoms with Crippen LogP contribution < -0.4 is 14.9 Å². The number of nitrogens with one attached hydrogen (secondary N) is 1. The number of hydrogen-bond donors (Lipinski definition) is 1. The first kappa shape index (κ1) is 18.0. The zero-order chi connectivity index (χ0) is 20.2. The van der Waals surface area contributed by atoms with E-state index >= 15 is 0 Å². The van der Waals surface area contributed by atoms with Crippen LogP contribution in [0, 0.1) is 0 Å². The number of ether oxygens (including phenoxy) is 2. The molecule has 1 N–H and O–H groups in total. The monoisotopic (exact) mass is 396 g/mol. The summed E-state index contributed by atoms with van der Waals surface area (Å²) in [5, 5.41) is 9.23. The lowest BCUT2D eigenvalue weighted by Gasteiger charge is -2.18. The summed E-state index contributed by atoms with van der Waals surface area (Å²) < 4.78 is 13.3. The van der Waals surface area contributed by atoms with Crippen LogP contribution in [0.1, 0.15) is 5.56 Å². The third-order valence-electron chi connectivity index (χ3n) is 4.75. The standard InChI is InChI=1S/C24H20N4O2/c1-3-7-20(8-4-1)26-25-16-19-17-28(21-9-5-2-6-10-21)27-24(19)18-11-12-22-23(15-18)30-14-13-29-22/h1-12,15-17,26H,13-14H2. The Morgan fingerprint density at radius 2 is 1.60 bits per heavy atom. The van der Waals surface area contributed by atoms with E-state index in [1.807, 2.05) is 89.7 Å². The highest BCUT2D eigenvalue weighted by atomic mass is 16.6. The number of nitrogens with zero attached hydrogens (tertiary/aromatic N) is 3. The van der Waals surface area contributed by atoms with Crippen LogP contribution in [0.2, 0.25) is 0 Å². The van der Waals surface area contributed by atoms with Gasteiger partial charge in [-0.15, -0.1) is 0 Å². The molecule has 0 atom stereocenters. The van der Waals surface area contributed by atoms with Gasteiger partial charge in [0, 0.05) is 17.3 Å². The maximum Gasteiger partial charge on any atom is 0.162 e. The van der Waals surface area contributed by atoms with Crippen LogP contribution in [0.5, 0.6) is 11.5 Å². The van der Waals surface area contributed by atoms with Crippen molar-refractivity contribution in [2.75, 3.05) is 18.6 Å². The predicted octanol–water partition coefficient (Wildman–Crippen LogP) is 4.76. The van der Waals surface area contributed by atoms with Gasteiger partial charge in [-0.05, 0) is 42.5 Å². The number of hydrogen-bond acceptors (Lipinski definition) is 5. The van der Waals surface area contributed by atoms with Crippen molar-refractivity contribution in [1.82, 2.24) is 9.78 Å². The lowest BCUT2D eigenvalue weighted by molar-refractivity contribution is 0.171. The van der Waals surface area contributed by atoms with E-state index in [-0.39, 0.29) is 0 Å². The minimum atomic E-state index is 0.546. The van der Waals surface area contributed by atoms with Crippen molar-refractivity contribution in [2.45, 2.75) is 0 Å². The van der Waals surface area contributed by atoms with Gasteiger partial charge in [-0.3, -0.25) is 5.43 Å². The van der Waals surface area contributed by atoms with E-state index in [4.69, 9.17) is 14.6 Å². The molecule has 0 amide bonds. The molecule has 1 aliphatic rings. The maximum atomic E-state index is 5.75. The van der Waals surface area contributed by atoms with Crippen LogP contribution in [0.15, 0.2) is 90.2 Å². The Balaban J connectivity index is 1.52. The minimum Gasteiger partial charge on any atom is -0.486 e. The van der Waals surface area contributed by atoms with E-state index in [1.54, 1.807) is 6.21 Å². The molecule has 0 saturated heterocycles. The van der Waals surface area contributed by atoms with Gasteiger partial charge in [-0.2, -0.15) is 10.2 Å². The Labute approximate surface area is 174 Å². The number of para-hydroxylation sites is 2. The first-order valence-corrected chi connectivity index (χ1v) is 9.76. The molecular weight excluding hydrogens is 376 g/mol. The van der Waals surface area contributed by atoms with E-state index < -0.39 is 0 Å². The zero-order valence-corrected chi connectivity index (χ0v) is 16.2. The normalized spacial score (nSPS) is 12.8. The fraction of sp³-hybridized carbons (Fsp3) is 0.0833. The average molecular weight is 396 g/mol. The molecule has 0 fully saturated rings. The fourth-order valence-corrected chi connectivity index (χ4v) is 3.30. The van der Waals surface area contributed by atoms with E-state index in [2.05, 4.69) is 10.5 Å². The number of aromatic nitrogens is 2. The summed E-state index contributed by atoms with van der Waals surface area (Å²) in [5.41, 5.74) is 7.60. The third-order valence-corrected chi connectivity index (χ3v) is 4.75. The molecule has 0 radical (unpaired) electrons. The lowest BCUT2D eigenvalue weighted by atomic mass is 10.1. The van der Waals surface area contributed by atoms with Crippen LogP contribution in [0.25, 0.3) is 16.9 Å². The molecule has 0 aliphatic carbocycles. The Morgan fingerprint density at radius 1 is 0.867 bits per heavy atom. The third kappa shape index (κ3) is 3.75. The maximum absolute atomic E-state index is 5.75. The van der Waals surface area contributed by atoms with Crippen molar-refractivity contribution < 1.29 is 9.47 Å². The molecule has 0 bridgehead atoms. The van der Waals surface area contributed by atoms with Crippen LogP contribution in [-0.4, -0.2) is 29.2 Å². The molecule has 5 rings (SSSR count). The van der Waals surface area contributed by atoms with Crippen LogP contribution in [-0.2, 0) is 0 Å². The van der Waals surface area contributed by atoms with Crippen molar-refractivity contribution in [3.05, 3.63) is 90.6 Å². The summed E-state index contributed by atoms with van der Waals surface area (Å²) in [6.07, 6.45) is 3.75. The molecule has 6 nitrogen and oxygen atoms in total. The number of rotatable bonds is 5. The quantitative estimate of drug-likeness (QED) is 0.390. The Hall–Kier alpha value is -4.06. The van der Waals surface area contributed by atoms with Gasteiger partial charge in [0.1, 0.15) is 18.9 Å². The van der Waals surface area contributed by atoms with Gasteiger partial charge in [0.15, 0.2) is 11.5 Å². The van der Waals surface area contributed by atoms with Crippen molar-refractivity contribution in [3.63, 3.8) is 0 Å². The Bertz CT molecular complexity index is 1170.